The quantitative estimate of drug-likeness (QED) is 0.842. The Kier molecular flexibility index (Phi) is 3.72. The first-order valence-corrected chi connectivity index (χ1v) is 8.17. The van der Waals surface area contributed by atoms with E-state index in [2.05, 4.69) is 22.0 Å². The zero-order valence-corrected chi connectivity index (χ0v) is 14.1. The summed E-state index contributed by atoms with van der Waals surface area (Å²) in [4.78, 5) is 15.2. The maximum Gasteiger partial charge on any atom is 0.410 e. The maximum atomic E-state index is 13.3. The Balaban J connectivity index is 1.39. The number of ether oxygens (including phenoxy) is 1. The van der Waals surface area contributed by atoms with Crippen LogP contribution in [0.15, 0.2) is 28.7 Å². The molecule has 0 aliphatic carbocycles. The molecule has 132 valence electrons. The molecule has 1 unspecified atom stereocenters. The van der Waals surface area contributed by atoms with E-state index in [1.54, 1.807) is 24.1 Å². The smallest absolute Gasteiger partial charge is 0.410 e. The molecule has 1 amide bonds. The van der Waals surface area contributed by atoms with Crippen LogP contribution in [0.3, 0.4) is 0 Å². The summed E-state index contributed by atoms with van der Waals surface area (Å²) >= 11 is 0. The summed E-state index contributed by atoms with van der Waals surface area (Å²) < 4.78 is 24.4. The lowest BCUT2D eigenvalue weighted by Gasteiger charge is -2.46. The van der Waals surface area contributed by atoms with Crippen molar-refractivity contribution in [3.8, 4) is 11.5 Å². The molecule has 1 aromatic carbocycles. The second kappa shape index (κ2) is 5.80. The van der Waals surface area contributed by atoms with Crippen LogP contribution in [0.5, 0.6) is 0 Å². The van der Waals surface area contributed by atoms with Crippen LogP contribution in [-0.2, 0) is 10.2 Å². The number of likely N-dealkylation sites (tertiary alicyclic amines) is 1. The molecule has 0 radical (unpaired) electrons. The fourth-order valence-corrected chi connectivity index (χ4v) is 3.44. The number of carbonyl (C=O) groups excluding carboxylic acids is 1. The first-order chi connectivity index (χ1) is 11.9. The molecule has 2 aliphatic heterocycles. The minimum Gasteiger partial charge on any atom is -0.443 e. The Labute approximate surface area is 144 Å². The minimum absolute atomic E-state index is 0.104. The lowest BCUT2D eigenvalue weighted by Crippen LogP contribution is -2.59. The second-order valence-corrected chi connectivity index (χ2v) is 7.04. The van der Waals surface area contributed by atoms with E-state index < -0.39 is 0 Å². The Morgan fingerprint density at radius 3 is 2.84 bits per heavy atom. The van der Waals surface area contributed by atoms with Gasteiger partial charge in [-0.05, 0) is 25.1 Å². The van der Waals surface area contributed by atoms with E-state index in [1.165, 1.54) is 12.1 Å². The van der Waals surface area contributed by atoms with Crippen LogP contribution in [0.25, 0.3) is 11.5 Å². The topological polar surface area (TPSA) is 71.7 Å². The largest absolute Gasteiger partial charge is 0.443 e. The van der Waals surface area contributed by atoms with Crippen molar-refractivity contribution in [1.82, 2.24) is 20.0 Å². The number of nitrogens with zero attached hydrogens (tertiary/aromatic N) is 4. The summed E-state index contributed by atoms with van der Waals surface area (Å²) in [5, 5.41) is 8.19. The average Bonchev–Trinajstić information content (AvgIpc) is 3.14. The Morgan fingerprint density at radius 2 is 2.16 bits per heavy atom. The number of hydrogen-bond acceptors (Lipinski definition) is 6. The predicted molar refractivity (Wildman–Crippen MR) is 86.4 cm³/mol. The van der Waals surface area contributed by atoms with Crippen molar-refractivity contribution >= 4 is 6.09 Å². The summed E-state index contributed by atoms with van der Waals surface area (Å²) in [7, 11) is 1.73. The van der Waals surface area contributed by atoms with Gasteiger partial charge in [0.25, 0.3) is 0 Å². The molecule has 0 N–H and O–H groups in total. The van der Waals surface area contributed by atoms with Gasteiger partial charge >= 0.3 is 6.09 Å². The Hall–Kier alpha value is -2.48. The summed E-state index contributed by atoms with van der Waals surface area (Å²) in [6.07, 6.45) is -0.377. The van der Waals surface area contributed by atoms with Gasteiger partial charge in [-0.1, -0.05) is 6.07 Å². The second-order valence-electron chi connectivity index (χ2n) is 7.04. The number of carbonyl (C=O) groups is 1. The van der Waals surface area contributed by atoms with E-state index in [9.17, 15) is 9.18 Å². The molecule has 0 bridgehead atoms. The van der Waals surface area contributed by atoms with Crippen LogP contribution < -0.4 is 0 Å². The number of benzene rings is 1. The third kappa shape index (κ3) is 2.97. The zero-order chi connectivity index (χ0) is 17.6. The summed E-state index contributed by atoms with van der Waals surface area (Å²) in [6, 6.07) is 6.10. The standard InChI is InChI=1S/C17H19FN4O3/c1-17(9-22(10-17)8-13-7-21(2)16(23)24-13)15-20-19-14(25-15)11-4-3-5-12(18)6-11/h3-6,13H,7-10H2,1-2H3. The molecule has 2 saturated heterocycles. The highest BCUT2D eigenvalue weighted by Gasteiger charge is 2.46. The van der Waals surface area contributed by atoms with E-state index in [4.69, 9.17) is 9.15 Å². The summed E-state index contributed by atoms with van der Waals surface area (Å²) in [5.74, 6) is 0.526. The molecule has 7 nitrogen and oxygen atoms in total. The SMILES string of the molecule is CN1CC(CN2CC(C)(c3nnc(-c4cccc(F)c4)o3)C2)OC1=O. The van der Waals surface area contributed by atoms with Gasteiger partial charge in [-0.2, -0.15) is 0 Å². The number of likely N-dealkylation sites (N-methyl/N-ethyl adjacent to an activating group) is 1. The average molecular weight is 346 g/mol. The third-order valence-electron chi connectivity index (χ3n) is 4.68. The first-order valence-electron chi connectivity index (χ1n) is 8.17. The number of hydrogen-bond donors (Lipinski definition) is 0. The van der Waals surface area contributed by atoms with Crippen molar-refractivity contribution in [2.45, 2.75) is 18.4 Å². The van der Waals surface area contributed by atoms with Gasteiger partial charge in [0.05, 0.1) is 12.0 Å². The number of halogens is 1. The van der Waals surface area contributed by atoms with Crippen LogP contribution in [0.2, 0.25) is 0 Å². The van der Waals surface area contributed by atoms with Crippen LogP contribution in [0.1, 0.15) is 12.8 Å². The molecule has 2 aliphatic rings. The monoisotopic (exact) mass is 346 g/mol. The molecule has 0 saturated carbocycles. The van der Waals surface area contributed by atoms with Gasteiger partial charge in [0, 0.05) is 32.2 Å². The highest BCUT2D eigenvalue weighted by molar-refractivity contribution is 5.69. The molecule has 8 heteroatoms. The highest BCUT2D eigenvalue weighted by Crippen LogP contribution is 2.35. The lowest BCUT2D eigenvalue weighted by molar-refractivity contribution is 0.0218. The fraction of sp³-hybridized carbons (Fsp3) is 0.471. The molecule has 1 atom stereocenters. The number of aromatic nitrogens is 2. The zero-order valence-electron chi connectivity index (χ0n) is 14.1. The van der Waals surface area contributed by atoms with Gasteiger partial charge in [0.15, 0.2) is 0 Å². The molecule has 3 heterocycles. The highest BCUT2D eigenvalue weighted by atomic mass is 19.1. The van der Waals surface area contributed by atoms with Gasteiger partial charge in [-0.25, -0.2) is 9.18 Å². The van der Waals surface area contributed by atoms with Crippen molar-refractivity contribution in [2.75, 3.05) is 33.2 Å². The summed E-state index contributed by atoms with van der Waals surface area (Å²) in [6.45, 7) is 4.84. The Morgan fingerprint density at radius 1 is 1.36 bits per heavy atom. The van der Waals surface area contributed by atoms with Gasteiger partial charge < -0.3 is 14.1 Å². The molecular weight excluding hydrogens is 327 g/mol. The first kappa shape index (κ1) is 16.0. The van der Waals surface area contributed by atoms with Crippen LogP contribution >= 0.6 is 0 Å². The van der Waals surface area contributed by atoms with Crippen molar-refractivity contribution in [1.29, 1.82) is 0 Å². The maximum absolute atomic E-state index is 13.3. The van der Waals surface area contributed by atoms with Crippen molar-refractivity contribution in [3.63, 3.8) is 0 Å². The molecular formula is C17H19FN4O3. The van der Waals surface area contributed by atoms with E-state index in [1.807, 2.05) is 0 Å². The van der Waals surface area contributed by atoms with Crippen molar-refractivity contribution in [2.24, 2.45) is 0 Å². The van der Waals surface area contributed by atoms with E-state index in [-0.39, 0.29) is 23.4 Å². The van der Waals surface area contributed by atoms with Crippen LogP contribution in [-0.4, -0.2) is 65.4 Å². The number of rotatable bonds is 4. The van der Waals surface area contributed by atoms with Gasteiger partial charge in [-0.15, -0.1) is 10.2 Å². The third-order valence-corrected chi connectivity index (χ3v) is 4.68. The van der Waals surface area contributed by atoms with Gasteiger partial charge in [0.2, 0.25) is 11.8 Å². The summed E-state index contributed by atoms with van der Waals surface area (Å²) in [5.41, 5.74) is 0.326. The van der Waals surface area contributed by atoms with Crippen molar-refractivity contribution < 1.29 is 18.3 Å². The molecule has 1 aromatic heterocycles. The lowest BCUT2D eigenvalue weighted by atomic mass is 9.81. The predicted octanol–water partition coefficient (Wildman–Crippen LogP) is 1.90. The van der Waals surface area contributed by atoms with E-state index >= 15 is 0 Å². The molecule has 2 fully saturated rings. The number of amides is 1. The molecule has 4 rings (SSSR count). The normalized spacial score (nSPS) is 22.8. The molecule has 0 spiro atoms. The van der Waals surface area contributed by atoms with Crippen LogP contribution in [0.4, 0.5) is 9.18 Å². The van der Waals surface area contributed by atoms with E-state index in [0.29, 0.717) is 30.4 Å². The minimum atomic E-state index is -0.339. The van der Waals surface area contributed by atoms with Gasteiger partial charge in [-0.3, -0.25) is 4.90 Å². The fourth-order valence-electron chi connectivity index (χ4n) is 3.44. The van der Waals surface area contributed by atoms with Crippen LogP contribution in [0, 0.1) is 5.82 Å². The molecule has 2 aromatic rings. The Bertz CT molecular complexity index is 803. The van der Waals surface area contributed by atoms with Crippen molar-refractivity contribution in [3.05, 3.63) is 36.0 Å². The molecule has 25 heavy (non-hydrogen) atoms. The number of cyclic esters (lactones) is 1. The van der Waals surface area contributed by atoms with E-state index in [0.717, 1.165) is 13.1 Å². The van der Waals surface area contributed by atoms with Gasteiger partial charge in [0.1, 0.15) is 11.9 Å².